The lowest BCUT2D eigenvalue weighted by molar-refractivity contribution is -0.149. The van der Waals surface area contributed by atoms with Gasteiger partial charge < -0.3 is 14.2 Å². The van der Waals surface area contributed by atoms with E-state index >= 15 is 0 Å². The number of methoxy groups -OCH3 is 1. The van der Waals surface area contributed by atoms with Gasteiger partial charge >= 0.3 is 5.97 Å². The number of nitrogens with zero attached hydrogens (tertiary/aromatic N) is 3. The van der Waals surface area contributed by atoms with E-state index in [2.05, 4.69) is 32.9 Å². The molecule has 0 amide bonds. The number of para-hydroxylation sites is 1. The van der Waals surface area contributed by atoms with Crippen molar-refractivity contribution in [1.82, 2.24) is 9.66 Å². The van der Waals surface area contributed by atoms with Crippen molar-refractivity contribution in [3.8, 4) is 11.5 Å². The number of ether oxygens (including phenoxy) is 3. The second-order valence-corrected chi connectivity index (χ2v) is 8.78. The SMILES string of the molecule is CCCCc1nc2ccc(Br)cc2c(=O)n1N=Cc1cccc(OC)c1OCC(=O)OC(C)C. The summed E-state index contributed by atoms with van der Waals surface area (Å²) in [5.41, 5.74) is 0.902. The van der Waals surface area contributed by atoms with Crippen molar-refractivity contribution in [2.45, 2.75) is 46.1 Å². The number of esters is 1. The van der Waals surface area contributed by atoms with E-state index < -0.39 is 5.97 Å². The molecular formula is C25H28BrN3O5. The number of unbranched alkanes of at least 4 members (excludes halogenated alkanes) is 1. The molecule has 0 aliphatic heterocycles. The van der Waals surface area contributed by atoms with Crippen molar-refractivity contribution in [3.63, 3.8) is 0 Å². The number of carbonyl (C=O) groups excluding carboxylic acids is 1. The number of benzene rings is 2. The van der Waals surface area contributed by atoms with Crippen LogP contribution in [0, 0.1) is 0 Å². The van der Waals surface area contributed by atoms with Gasteiger partial charge in [0.2, 0.25) is 0 Å². The first kappa shape index (κ1) is 25.4. The lowest BCUT2D eigenvalue weighted by Crippen LogP contribution is -2.22. The molecule has 2 aromatic carbocycles. The number of rotatable bonds is 10. The zero-order valence-corrected chi connectivity index (χ0v) is 21.3. The Balaban J connectivity index is 2.02. The van der Waals surface area contributed by atoms with E-state index in [0.717, 1.165) is 17.3 Å². The predicted octanol–water partition coefficient (Wildman–Crippen LogP) is 4.72. The predicted molar refractivity (Wildman–Crippen MR) is 135 cm³/mol. The number of aryl methyl sites for hydroxylation is 1. The molecule has 0 atom stereocenters. The molecule has 3 rings (SSSR count). The molecule has 0 aliphatic rings. The van der Waals surface area contributed by atoms with Crippen molar-refractivity contribution in [2.75, 3.05) is 13.7 Å². The van der Waals surface area contributed by atoms with E-state index in [1.807, 2.05) is 12.1 Å². The Kier molecular flexibility index (Phi) is 8.81. The van der Waals surface area contributed by atoms with Gasteiger partial charge in [-0.15, -0.1) is 0 Å². The molecule has 8 nitrogen and oxygen atoms in total. The number of aromatic nitrogens is 2. The van der Waals surface area contributed by atoms with Crippen LogP contribution < -0.4 is 15.0 Å². The van der Waals surface area contributed by atoms with Crippen LogP contribution in [0.2, 0.25) is 0 Å². The summed E-state index contributed by atoms with van der Waals surface area (Å²) in [4.78, 5) is 29.9. The molecule has 0 spiro atoms. The minimum absolute atomic E-state index is 0.247. The fourth-order valence-corrected chi connectivity index (χ4v) is 3.67. The smallest absolute Gasteiger partial charge is 0.344 e. The molecule has 1 heterocycles. The van der Waals surface area contributed by atoms with Crippen LogP contribution in [0.5, 0.6) is 11.5 Å². The Bertz CT molecular complexity index is 1250. The molecule has 3 aromatic rings. The Morgan fingerprint density at radius 3 is 2.76 bits per heavy atom. The number of fused-ring (bicyclic) bond motifs is 1. The fraction of sp³-hybridized carbons (Fsp3) is 0.360. The van der Waals surface area contributed by atoms with Crippen LogP contribution >= 0.6 is 15.9 Å². The van der Waals surface area contributed by atoms with Crippen molar-refractivity contribution >= 4 is 39.0 Å². The molecule has 0 aliphatic carbocycles. The van der Waals surface area contributed by atoms with Crippen LogP contribution in [0.15, 0.2) is 50.8 Å². The summed E-state index contributed by atoms with van der Waals surface area (Å²) in [6, 6.07) is 10.7. The van der Waals surface area contributed by atoms with Crippen molar-refractivity contribution in [2.24, 2.45) is 5.10 Å². The normalized spacial score (nSPS) is 11.4. The highest BCUT2D eigenvalue weighted by atomic mass is 79.9. The fourth-order valence-electron chi connectivity index (χ4n) is 3.31. The Hall–Kier alpha value is -3.20. The highest BCUT2D eigenvalue weighted by molar-refractivity contribution is 9.10. The molecule has 0 saturated heterocycles. The monoisotopic (exact) mass is 529 g/mol. The van der Waals surface area contributed by atoms with Crippen molar-refractivity contribution in [3.05, 3.63) is 62.6 Å². The third kappa shape index (κ3) is 6.22. The van der Waals surface area contributed by atoms with Gasteiger partial charge in [0.1, 0.15) is 5.82 Å². The molecule has 0 N–H and O–H groups in total. The molecule has 0 bridgehead atoms. The van der Waals surface area contributed by atoms with Crippen LogP contribution in [0.1, 0.15) is 45.0 Å². The second kappa shape index (κ2) is 11.8. The number of hydrogen-bond acceptors (Lipinski definition) is 7. The van der Waals surface area contributed by atoms with Crippen molar-refractivity contribution in [1.29, 1.82) is 0 Å². The lowest BCUT2D eigenvalue weighted by atomic mass is 10.2. The second-order valence-electron chi connectivity index (χ2n) is 7.86. The first-order valence-electron chi connectivity index (χ1n) is 11.1. The van der Waals surface area contributed by atoms with E-state index in [9.17, 15) is 9.59 Å². The average Bonchev–Trinajstić information content (AvgIpc) is 2.81. The summed E-state index contributed by atoms with van der Waals surface area (Å²) in [5.74, 6) is 0.837. The molecular weight excluding hydrogens is 502 g/mol. The Morgan fingerprint density at radius 1 is 1.26 bits per heavy atom. The van der Waals surface area contributed by atoms with Crippen LogP contribution in [0.3, 0.4) is 0 Å². The van der Waals surface area contributed by atoms with Gasteiger partial charge in [0.15, 0.2) is 18.1 Å². The van der Waals surface area contributed by atoms with Gasteiger partial charge in [-0.2, -0.15) is 9.78 Å². The van der Waals surface area contributed by atoms with Gasteiger partial charge in [-0.25, -0.2) is 9.78 Å². The van der Waals surface area contributed by atoms with E-state index in [0.29, 0.717) is 40.2 Å². The van der Waals surface area contributed by atoms with Gasteiger partial charge in [-0.05, 0) is 50.6 Å². The summed E-state index contributed by atoms with van der Waals surface area (Å²) < 4.78 is 18.4. The quantitative estimate of drug-likeness (QED) is 0.278. The summed E-state index contributed by atoms with van der Waals surface area (Å²) in [6.45, 7) is 5.33. The lowest BCUT2D eigenvalue weighted by Gasteiger charge is -2.14. The number of halogens is 1. The van der Waals surface area contributed by atoms with Gasteiger partial charge in [0.05, 0.1) is 30.3 Å². The van der Waals surface area contributed by atoms with Gasteiger partial charge in [0.25, 0.3) is 5.56 Å². The molecule has 180 valence electrons. The Labute approximate surface area is 206 Å². The molecule has 1 aromatic heterocycles. The first-order chi connectivity index (χ1) is 16.3. The third-order valence-electron chi connectivity index (χ3n) is 4.87. The van der Waals surface area contributed by atoms with Gasteiger partial charge in [-0.1, -0.05) is 35.3 Å². The highest BCUT2D eigenvalue weighted by Gasteiger charge is 2.15. The maximum absolute atomic E-state index is 13.3. The van der Waals surface area contributed by atoms with E-state index in [-0.39, 0.29) is 18.3 Å². The number of hydrogen-bond donors (Lipinski definition) is 0. The molecule has 0 unspecified atom stereocenters. The standard InChI is InChI=1S/C25H28BrN3O5/c1-5-6-10-22-28-20-12-11-18(26)13-19(20)25(31)29(22)27-14-17-8-7-9-21(32-4)24(17)33-15-23(30)34-16(2)3/h7-9,11-14,16H,5-6,10,15H2,1-4H3. The van der Waals surface area contributed by atoms with Crippen LogP contribution in [0.4, 0.5) is 0 Å². The van der Waals surface area contributed by atoms with Gasteiger partial charge in [0, 0.05) is 16.5 Å². The summed E-state index contributed by atoms with van der Waals surface area (Å²) in [5, 5.41) is 4.93. The van der Waals surface area contributed by atoms with E-state index in [4.69, 9.17) is 14.2 Å². The minimum atomic E-state index is -0.494. The maximum atomic E-state index is 13.3. The average molecular weight is 530 g/mol. The highest BCUT2D eigenvalue weighted by Crippen LogP contribution is 2.30. The zero-order chi connectivity index (χ0) is 24.7. The Morgan fingerprint density at radius 2 is 2.06 bits per heavy atom. The third-order valence-corrected chi connectivity index (χ3v) is 5.37. The molecule has 0 radical (unpaired) electrons. The largest absolute Gasteiger partial charge is 0.493 e. The van der Waals surface area contributed by atoms with E-state index in [1.54, 1.807) is 38.1 Å². The molecule has 0 saturated carbocycles. The summed E-state index contributed by atoms with van der Waals surface area (Å²) >= 11 is 3.41. The zero-order valence-electron chi connectivity index (χ0n) is 19.7. The van der Waals surface area contributed by atoms with Crippen LogP contribution in [-0.4, -0.2) is 41.7 Å². The summed E-state index contributed by atoms with van der Waals surface area (Å²) in [6.07, 6.45) is 3.70. The minimum Gasteiger partial charge on any atom is -0.493 e. The maximum Gasteiger partial charge on any atom is 0.344 e. The van der Waals surface area contributed by atoms with Crippen LogP contribution in [-0.2, 0) is 16.0 Å². The number of carbonyl (C=O) groups is 1. The van der Waals surface area contributed by atoms with Crippen LogP contribution in [0.25, 0.3) is 10.9 Å². The summed E-state index contributed by atoms with van der Waals surface area (Å²) in [7, 11) is 1.51. The topological polar surface area (TPSA) is 92.0 Å². The molecule has 0 fully saturated rings. The molecule has 9 heteroatoms. The molecule has 34 heavy (non-hydrogen) atoms. The van der Waals surface area contributed by atoms with E-state index in [1.165, 1.54) is 18.0 Å². The van der Waals surface area contributed by atoms with Gasteiger partial charge in [-0.3, -0.25) is 4.79 Å². The van der Waals surface area contributed by atoms with Crippen molar-refractivity contribution < 1.29 is 19.0 Å². The first-order valence-corrected chi connectivity index (χ1v) is 11.9.